The van der Waals surface area contributed by atoms with Crippen molar-refractivity contribution in [2.75, 3.05) is 26.4 Å². The number of fused-ring (bicyclic) bond motifs is 1. The van der Waals surface area contributed by atoms with Gasteiger partial charge in [0.25, 0.3) is 11.8 Å². The summed E-state index contributed by atoms with van der Waals surface area (Å²) in [6, 6.07) is 5.44. The van der Waals surface area contributed by atoms with Crippen molar-refractivity contribution in [3.05, 3.63) is 24.0 Å². The number of carbonyl (C=O) groups excluding carboxylic acids is 2. The van der Waals surface area contributed by atoms with Gasteiger partial charge in [-0.1, -0.05) is 0 Å². The number of piperidine rings is 1. The molecule has 0 bridgehead atoms. The summed E-state index contributed by atoms with van der Waals surface area (Å²) in [4.78, 5) is 35.5. The largest absolute Gasteiger partial charge is 0.493 e. The second kappa shape index (κ2) is 7.21. The molecule has 2 aromatic rings. The fourth-order valence-corrected chi connectivity index (χ4v) is 3.74. The predicted octanol–water partition coefficient (Wildman–Crippen LogP) is -0.891. The molecule has 2 aliphatic rings. The number of aromatic amines is 1. The Labute approximate surface area is 161 Å². The van der Waals surface area contributed by atoms with Crippen LogP contribution in [0.3, 0.4) is 0 Å². The van der Waals surface area contributed by atoms with Gasteiger partial charge in [0.05, 0.1) is 24.3 Å². The molecule has 0 saturated carbocycles. The van der Waals surface area contributed by atoms with Gasteiger partial charge < -0.3 is 26.5 Å². The number of amides is 2. The van der Waals surface area contributed by atoms with Crippen molar-refractivity contribution >= 4 is 28.6 Å². The van der Waals surface area contributed by atoms with Crippen molar-refractivity contribution in [2.45, 2.75) is 18.4 Å². The van der Waals surface area contributed by atoms with Crippen LogP contribution < -0.4 is 26.8 Å². The summed E-state index contributed by atoms with van der Waals surface area (Å²) in [6.07, 6.45) is 2.19. The zero-order valence-corrected chi connectivity index (χ0v) is 15.3. The van der Waals surface area contributed by atoms with E-state index in [2.05, 4.69) is 25.6 Å². The molecule has 1 unspecified atom stereocenters. The van der Waals surface area contributed by atoms with Gasteiger partial charge in [0.15, 0.2) is 0 Å². The number of benzene rings is 1. The number of aromatic nitrogens is 2. The minimum Gasteiger partial charge on any atom is -0.493 e. The zero-order valence-electron chi connectivity index (χ0n) is 15.3. The number of H-pyrrole nitrogens is 1. The Balaban J connectivity index is 1.61. The second-order valence-electron chi connectivity index (χ2n) is 7.09. The fraction of sp³-hybridized carbons (Fsp3) is 0.444. The molecule has 0 spiro atoms. The molecule has 2 aliphatic heterocycles. The second-order valence-corrected chi connectivity index (χ2v) is 7.09. The molecule has 1 aromatic carbocycles. The highest BCUT2D eigenvalue weighted by molar-refractivity contribution is 6.46. The van der Waals surface area contributed by atoms with Crippen molar-refractivity contribution < 1.29 is 14.3 Å². The number of hydrogen-bond donors (Lipinski definition) is 5. The Morgan fingerprint density at radius 2 is 2.04 bits per heavy atom. The van der Waals surface area contributed by atoms with E-state index in [0.29, 0.717) is 29.3 Å². The van der Waals surface area contributed by atoms with Crippen LogP contribution in [0.15, 0.2) is 23.2 Å². The number of carbonyl (C=O) groups is 2. The van der Waals surface area contributed by atoms with Crippen molar-refractivity contribution in [1.29, 1.82) is 0 Å². The number of ether oxygens (including phenoxy) is 1. The quantitative estimate of drug-likeness (QED) is 0.433. The van der Waals surface area contributed by atoms with Crippen LogP contribution in [0.4, 0.5) is 0 Å². The van der Waals surface area contributed by atoms with Crippen LogP contribution in [0.5, 0.6) is 5.75 Å². The van der Waals surface area contributed by atoms with Crippen molar-refractivity contribution in [3.63, 3.8) is 0 Å². The topological polar surface area (TPSA) is 161 Å². The molecule has 148 valence electrons. The molecule has 0 radical (unpaired) electrons. The number of nitrogens with two attached hydrogens (primary N) is 2. The first-order chi connectivity index (χ1) is 13.5. The molecule has 28 heavy (non-hydrogen) atoms. The highest BCUT2D eigenvalue weighted by Gasteiger charge is 2.51. The lowest BCUT2D eigenvalue weighted by Gasteiger charge is -2.23. The Kier molecular flexibility index (Phi) is 4.73. The van der Waals surface area contributed by atoms with Gasteiger partial charge in [-0.15, -0.1) is 0 Å². The van der Waals surface area contributed by atoms with Crippen molar-refractivity contribution in [1.82, 2.24) is 20.6 Å². The summed E-state index contributed by atoms with van der Waals surface area (Å²) in [6.45, 7) is 2.73. The molecule has 1 fully saturated rings. The first kappa shape index (κ1) is 18.4. The third-order valence-corrected chi connectivity index (χ3v) is 5.29. The van der Waals surface area contributed by atoms with Gasteiger partial charge >= 0.3 is 0 Å². The van der Waals surface area contributed by atoms with Crippen LogP contribution in [0.1, 0.15) is 18.7 Å². The van der Waals surface area contributed by atoms with Gasteiger partial charge in [-0.25, -0.2) is 4.98 Å². The normalized spacial score (nSPS) is 22.9. The van der Waals surface area contributed by atoms with E-state index in [0.717, 1.165) is 25.9 Å². The molecule has 1 atom stereocenters. The number of nitrogens with one attached hydrogen (secondary N) is 3. The minimum atomic E-state index is -1.67. The van der Waals surface area contributed by atoms with E-state index < -0.39 is 17.4 Å². The molecule has 10 nitrogen and oxygen atoms in total. The minimum absolute atomic E-state index is 0.0445. The SMILES string of the molecule is NC(=O)C1=NCNC1(C(N)=O)c1nc2ccc(OCC3CCNCC3)cc2[nH]1. The summed E-state index contributed by atoms with van der Waals surface area (Å²) < 4.78 is 5.94. The van der Waals surface area contributed by atoms with E-state index in [1.54, 1.807) is 6.07 Å². The first-order valence-electron chi connectivity index (χ1n) is 9.24. The average Bonchev–Trinajstić information content (AvgIpc) is 3.31. The maximum absolute atomic E-state index is 12.2. The molecular weight excluding hydrogens is 362 g/mol. The number of primary amides is 2. The van der Waals surface area contributed by atoms with Crippen LogP contribution in [0, 0.1) is 5.92 Å². The standard InChI is InChI=1S/C18H23N7O3/c19-15(26)14-18(16(20)27,23-9-22-14)17-24-12-2-1-11(7-13(12)25-17)28-8-10-3-5-21-6-4-10/h1-2,7,10,21,23H,3-6,8-9H2,(H2,19,26)(H2,20,27)(H,24,25). The summed E-state index contributed by atoms with van der Waals surface area (Å²) in [7, 11) is 0. The molecule has 1 aromatic heterocycles. The third kappa shape index (κ3) is 3.10. The molecule has 0 aliphatic carbocycles. The Hall–Kier alpha value is -2.98. The van der Waals surface area contributed by atoms with Crippen molar-refractivity contribution in [2.24, 2.45) is 22.4 Å². The van der Waals surface area contributed by atoms with Crippen LogP contribution in [-0.4, -0.2) is 53.9 Å². The maximum atomic E-state index is 12.2. The fourth-order valence-electron chi connectivity index (χ4n) is 3.74. The number of imidazole rings is 1. The van der Waals surface area contributed by atoms with Crippen LogP contribution in [-0.2, 0) is 15.1 Å². The summed E-state index contributed by atoms with van der Waals surface area (Å²) in [5, 5.41) is 6.19. The molecule has 7 N–H and O–H groups in total. The lowest BCUT2D eigenvalue weighted by Crippen LogP contribution is -2.58. The maximum Gasteiger partial charge on any atom is 0.265 e. The van der Waals surface area contributed by atoms with E-state index in [-0.39, 0.29) is 18.2 Å². The van der Waals surface area contributed by atoms with E-state index in [9.17, 15) is 9.59 Å². The smallest absolute Gasteiger partial charge is 0.265 e. The van der Waals surface area contributed by atoms with Crippen LogP contribution in [0.25, 0.3) is 11.0 Å². The monoisotopic (exact) mass is 385 g/mol. The molecule has 1 saturated heterocycles. The third-order valence-electron chi connectivity index (χ3n) is 5.29. The Bertz CT molecular complexity index is 948. The summed E-state index contributed by atoms with van der Waals surface area (Å²) in [5.41, 5.74) is 10.4. The molecule has 3 heterocycles. The molecule has 4 rings (SSSR count). The Morgan fingerprint density at radius 3 is 2.75 bits per heavy atom. The molecular formula is C18H23N7O3. The van der Waals surface area contributed by atoms with Gasteiger partial charge in [-0.05, 0) is 44.0 Å². The number of aliphatic imine (C=N–C) groups is 1. The lowest BCUT2D eigenvalue weighted by molar-refractivity contribution is -0.123. The molecule has 10 heteroatoms. The van der Waals surface area contributed by atoms with Crippen LogP contribution in [0.2, 0.25) is 0 Å². The zero-order chi connectivity index (χ0) is 19.7. The first-order valence-corrected chi connectivity index (χ1v) is 9.24. The summed E-state index contributed by atoms with van der Waals surface area (Å²) >= 11 is 0. The van der Waals surface area contributed by atoms with E-state index >= 15 is 0 Å². The lowest BCUT2D eigenvalue weighted by atomic mass is 9.91. The van der Waals surface area contributed by atoms with E-state index in [4.69, 9.17) is 16.2 Å². The van der Waals surface area contributed by atoms with Crippen LogP contribution >= 0.6 is 0 Å². The number of hydrogen-bond acceptors (Lipinski definition) is 7. The highest BCUT2D eigenvalue weighted by Crippen LogP contribution is 2.28. The summed E-state index contributed by atoms with van der Waals surface area (Å²) in [5.74, 6) is -0.207. The molecule has 2 amide bonds. The van der Waals surface area contributed by atoms with E-state index in [1.165, 1.54) is 0 Å². The Morgan fingerprint density at radius 1 is 1.25 bits per heavy atom. The van der Waals surface area contributed by atoms with Gasteiger partial charge in [-0.2, -0.15) is 0 Å². The van der Waals surface area contributed by atoms with E-state index in [1.807, 2.05) is 12.1 Å². The predicted molar refractivity (Wildman–Crippen MR) is 103 cm³/mol. The average molecular weight is 385 g/mol. The van der Waals surface area contributed by atoms with Crippen molar-refractivity contribution in [3.8, 4) is 5.75 Å². The number of rotatable bonds is 6. The van der Waals surface area contributed by atoms with Gasteiger partial charge in [-0.3, -0.25) is 19.9 Å². The number of nitrogens with zero attached hydrogens (tertiary/aromatic N) is 2. The highest BCUT2D eigenvalue weighted by atomic mass is 16.5. The van der Waals surface area contributed by atoms with Gasteiger partial charge in [0, 0.05) is 6.07 Å². The van der Waals surface area contributed by atoms with Gasteiger partial charge in [0.2, 0.25) is 5.54 Å². The van der Waals surface area contributed by atoms with Gasteiger partial charge in [0.1, 0.15) is 17.3 Å².